The minimum absolute atomic E-state index is 0.0621. The van der Waals surface area contributed by atoms with Crippen LogP contribution < -0.4 is 10.5 Å². The van der Waals surface area contributed by atoms with Crippen molar-refractivity contribution in [1.82, 2.24) is 4.72 Å². The van der Waals surface area contributed by atoms with Gasteiger partial charge in [-0.1, -0.05) is 34.6 Å². The van der Waals surface area contributed by atoms with Crippen molar-refractivity contribution in [3.05, 3.63) is 23.3 Å². The molecule has 0 atom stereocenters. The van der Waals surface area contributed by atoms with Crippen molar-refractivity contribution >= 4 is 15.7 Å². The number of aryl methyl sites for hydroxylation is 1. The lowest BCUT2D eigenvalue weighted by Crippen LogP contribution is -2.34. The predicted octanol–water partition coefficient (Wildman–Crippen LogP) is 3.11. The first kappa shape index (κ1) is 18.0. The fourth-order valence-electron chi connectivity index (χ4n) is 2.04. The van der Waals surface area contributed by atoms with Crippen molar-refractivity contribution in [2.75, 3.05) is 12.3 Å². The van der Waals surface area contributed by atoms with E-state index >= 15 is 0 Å². The second-order valence-electron chi connectivity index (χ2n) is 6.21. The van der Waals surface area contributed by atoms with Crippen LogP contribution in [-0.2, 0) is 22.9 Å². The van der Waals surface area contributed by atoms with Crippen LogP contribution >= 0.6 is 0 Å². The number of anilines is 1. The van der Waals surface area contributed by atoms with Crippen molar-refractivity contribution in [3.63, 3.8) is 0 Å². The van der Waals surface area contributed by atoms with E-state index in [1.165, 1.54) is 0 Å². The molecule has 120 valence electrons. The van der Waals surface area contributed by atoms with Crippen LogP contribution in [0.1, 0.15) is 52.2 Å². The number of rotatable bonds is 7. The molecule has 4 nitrogen and oxygen atoms in total. The van der Waals surface area contributed by atoms with Gasteiger partial charge in [0.15, 0.2) is 0 Å². The van der Waals surface area contributed by atoms with E-state index < -0.39 is 10.0 Å². The first-order chi connectivity index (χ1) is 9.66. The summed E-state index contributed by atoms with van der Waals surface area (Å²) in [7, 11) is -3.53. The van der Waals surface area contributed by atoms with Gasteiger partial charge in [-0.25, -0.2) is 13.1 Å². The standard InChI is InChI=1S/C16H28N2O2S/c1-6-12-9-14(17)13(7-2)15(10-12)21(19,20)18-11-16(4,5)8-3/h9-10,18H,6-8,11,17H2,1-5H3. The quantitative estimate of drug-likeness (QED) is 0.760. The number of nitrogen functional groups attached to an aromatic ring is 1. The van der Waals surface area contributed by atoms with Gasteiger partial charge in [0.2, 0.25) is 10.0 Å². The van der Waals surface area contributed by atoms with E-state index in [-0.39, 0.29) is 5.41 Å². The van der Waals surface area contributed by atoms with Gasteiger partial charge in [0, 0.05) is 12.2 Å². The van der Waals surface area contributed by atoms with Crippen LogP contribution in [0.5, 0.6) is 0 Å². The van der Waals surface area contributed by atoms with Gasteiger partial charge in [-0.2, -0.15) is 0 Å². The Kier molecular flexibility index (Phi) is 5.82. The smallest absolute Gasteiger partial charge is 0.240 e. The third-order valence-electron chi connectivity index (χ3n) is 4.05. The Balaban J connectivity index is 3.21. The summed E-state index contributed by atoms with van der Waals surface area (Å²) in [4.78, 5) is 0.328. The molecule has 1 aromatic rings. The van der Waals surface area contributed by atoms with Gasteiger partial charge in [-0.15, -0.1) is 0 Å². The predicted molar refractivity (Wildman–Crippen MR) is 88.9 cm³/mol. The van der Waals surface area contributed by atoms with Crippen LogP contribution in [0, 0.1) is 5.41 Å². The summed E-state index contributed by atoms with van der Waals surface area (Å²) in [5, 5.41) is 0. The summed E-state index contributed by atoms with van der Waals surface area (Å²) in [6.07, 6.45) is 2.27. The lowest BCUT2D eigenvalue weighted by Gasteiger charge is -2.23. The highest BCUT2D eigenvalue weighted by Crippen LogP contribution is 2.26. The molecular weight excluding hydrogens is 284 g/mol. The minimum atomic E-state index is -3.53. The fourth-order valence-corrected chi connectivity index (χ4v) is 3.67. The summed E-state index contributed by atoms with van der Waals surface area (Å²) in [5.41, 5.74) is 8.17. The third kappa shape index (κ3) is 4.45. The Labute approximate surface area is 129 Å². The minimum Gasteiger partial charge on any atom is -0.398 e. The normalized spacial score (nSPS) is 12.6. The number of nitrogens with one attached hydrogen (secondary N) is 1. The van der Waals surface area contributed by atoms with E-state index in [0.29, 0.717) is 29.1 Å². The Morgan fingerprint density at radius 2 is 1.76 bits per heavy atom. The molecule has 1 aromatic carbocycles. The van der Waals surface area contributed by atoms with Crippen molar-refractivity contribution < 1.29 is 8.42 Å². The molecule has 0 aliphatic carbocycles. The maximum atomic E-state index is 12.6. The number of nitrogens with two attached hydrogens (primary N) is 1. The first-order valence-corrected chi connectivity index (χ1v) is 9.06. The van der Waals surface area contributed by atoms with Gasteiger partial charge in [-0.3, -0.25) is 0 Å². The van der Waals surface area contributed by atoms with Crippen LogP contribution in [-0.4, -0.2) is 15.0 Å². The summed E-state index contributed by atoms with van der Waals surface area (Å²) >= 11 is 0. The zero-order valence-electron chi connectivity index (χ0n) is 13.8. The number of sulfonamides is 1. The molecule has 1 rings (SSSR count). The molecule has 0 fully saturated rings. The van der Waals surface area contributed by atoms with Crippen molar-refractivity contribution in [1.29, 1.82) is 0 Å². The highest BCUT2D eigenvalue weighted by Gasteiger charge is 2.24. The monoisotopic (exact) mass is 312 g/mol. The van der Waals surface area contributed by atoms with Crippen LogP contribution in [0.15, 0.2) is 17.0 Å². The number of hydrogen-bond acceptors (Lipinski definition) is 3. The molecule has 3 N–H and O–H groups in total. The van der Waals surface area contributed by atoms with E-state index in [0.717, 1.165) is 18.4 Å². The van der Waals surface area contributed by atoms with Crippen molar-refractivity contribution in [3.8, 4) is 0 Å². The highest BCUT2D eigenvalue weighted by molar-refractivity contribution is 7.89. The van der Waals surface area contributed by atoms with Crippen LogP contribution in [0.3, 0.4) is 0 Å². The first-order valence-electron chi connectivity index (χ1n) is 7.57. The largest absolute Gasteiger partial charge is 0.398 e. The SMILES string of the molecule is CCc1cc(N)c(CC)c(S(=O)(=O)NCC(C)(C)CC)c1. The van der Waals surface area contributed by atoms with E-state index in [2.05, 4.69) is 11.6 Å². The second kappa shape index (κ2) is 6.79. The van der Waals surface area contributed by atoms with E-state index in [1.807, 2.05) is 33.8 Å². The second-order valence-corrected chi connectivity index (χ2v) is 7.95. The average molecular weight is 312 g/mol. The Hall–Kier alpha value is -1.07. The molecule has 0 saturated carbocycles. The fraction of sp³-hybridized carbons (Fsp3) is 0.625. The van der Waals surface area contributed by atoms with Crippen LogP contribution in [0.25, 0.3) is 0 Å². The summed E-state index contributed by atoms with van der Waals surface area (Å²) in [5.74, 6) is 0. The Morgan fingerprint density at radius 3 is 2.24 bits per heavy atom. The molecule has 0 unspecified atom stereocenters. The molecule has 0 aromatic heterocycles. The van der Waals surface area contributed by atoms with E-state index in [4.69, 9.17) is 5.73 Å². The topological polar surface area (TPSA) is 72.2 Å². The lowest BCUT2D eigenvalue weighted by molar-refractivity contribution is 0.350. The number of benzene rings is 1. The van der Waals surface area contributed by atoms with Crippen molar-refractivity contribution in [2.45, 2.75) is 58.8 Å². The molecule has 0 heterocycles. The Morgan fingerprint density at radius 1 is 1.14 bits per heavy atom. The van der Waals surface area contributed by atoms with Gasteiger partial charge < -0.3 is 5.73 Å². The van der Waals surface area contributed by atoms with E-state index in [9.17, 15) is 8.42 Å². The third-order valence-corrected chi connectivity index (χ3v) is 5.52. The maximum Gasteiger partial charge on any atom is 0.240 e. The highest BCUT2D eigenvalue weighted by atomic mass is 32.2. The molecule has 0 spiro atoms. The molecule has 0 saturated heterocycles. The molecule has 5 heteroatoms. The van der Waals surface area contributed by atoms with Gasteiger partial charge in [0.25, 0.3) is 0 Å². The Bertz CT molecular complexity index is 593. The molecular formula is C16H28N2O2S. The summed E-state index contributed by atoms with van der Waals surface area (Å²) in [6.45, 7) is 10.5. The van der Waals surface area contributed by atoms with Crippen LogP contribution in [0.2, 0.25) is 0 Å². The molecule has 0 amide bonds. The lowest BCUT2D eigenvalue weighted by atomic mass is 9.91. The summed E-state index contributed by atoms with van der Waals surface area (Å²) in [6, 6.07) is 3.62. The van der Waals surface area contributed by atoms with E-state index in [1.54, 1.807) is 6.07 Å². The van der Waals surface area contributed by atoms with Crippen molar-refractivity contribution in [2.24, 2.45) is 5.41 Å². The number of hydrogen-bond donors (Lipinski definition) is 2. The molecule has 0 radical (unpaired) electrons. The zero-order valence-corrected chi connectivity index (χ0v) is 14.6. The maximum absolute atomic E-state index is 12.6. The summed E-state index contributed by atoms with van der Waals surface area (Å²) < 4.78 is 28.0. The molecule has 0 aliphatic heterocycles. The average Bonchev–Trinajstić information content (AvgIpc) is 2.44. The van der Waals surface area contributed by atoms with Gasteiger partial charge in [0.1, 0.15) is 0 Å². The van der Waals surface area contributed by atoms with Gasteiger partial charge in [-0.05, 0) is 47.9 Å². The van der Waals surface area contributed by atoms with Crippen LogP contribution in [0.4, 0.5) is 5.69 Å². The zero-order chi connectivity index (χ0) is 16.3. The molecule has 0 bridgehead atoms. The molecule has 0 aliphatic rings. The van der Waals surface area contributed by atoms with Gasteiger partial charge in [0.05, 0.1) is 4.90 Å². The molecule has 21 heavy (non-hydrogen) atoms. The van der Waals surface area contributed by atoms with Gasteiger partial charge >= 0.3 is 0 Å².